The number of Topliss-reactive ketones (excluding diaryl/α,β-unsaturated/α-hetero) is 1. The van der Waals surface area contributed by atoms with Crippen molar-refractivity contribution in [2.75, 3.05) is 5.73 Å². The average Bonchev–Trinajstić information content (AvgIpc) is 3.20. The molecule has 0 saturated carbocycles. The summed E-state index contributed by atoms with van der Waals surface area (Å²) < 4.78 is 6.21. The number of nitrogen functional groups attached to an aromatic ring is 1. The second-order valence-electron chi connectivity index (χ2n) is 7.72. The first-order valence-electron chi connectivity index (χ1n) is 9.81. The minimum absolute atomic E-state index is 0.0178. The van der Waals surface area contributed by atoms with E-state index < -0.39 is 23.3 Å². The van der Waals surface area contributed by atoms with Crippen LogP contribution < -0.4 is 21.9 Å². The molecule has 166 valence electrons. The van der Waals surface area contributed by atoms with E-state index in [2.05, 4.69) is 15.0 Å². The topological polar surface area (TPSA) is 180 Å². The van der Waals surface area contributed by atoms with Gasteiger partial charge in [0.1, 0.15) is 16.7 Å². The zero-order chi connectivity index (χ0) is 23.5. The highest BCUT2D eigenvalue weighted by atomic mass is 32.1. The number of ether oxygens (including phenoxy) is 1. The van der Waals surface area contributed by atoms with Crippen molar-refractivity contribution >= 4 is 38.9 Å². The van der Waals surface area contributed by atoms with Crippen LogP contribution in [-0.2, 0) is 10.3 Å². The van der Waals surface area contributed by atoms with E-state index in [0.29, 0.717) is 38.2 Å². The standard InChI is InChI=1S/C22H18N6O4S/c1-9-4-14(32-10-5-26-8-27-6-10)28-7-12(9)22(25)11-2-3-13(23)18-15(11)16(17(24)20(22)29)19(33-18)21(30)31/h2-8,17H,23-25H2,1H3,(H,30,31). The molecule has 2 atom stereocenters. The number of hydrogen-bond donors (Lipinski definition) is 4. The fraction of sp³-hybridized carbons (Fsp3) is 0.136. The minimum atomic E-state index is -1.65. The zero-order valence-corrected chi connectivity index (χ0v) is 18.1. The van der Waals surface area contributed by atoms with Gasteiger partial charge in [-0.3, -0.25) is 4.79 Å². The number of pyridine rings is 1. The summed E-state index contributed by atoms with van der Waals surface area (Å²) in [5, 5.41) is 10.2. The number of benzene rings is 1. The second kappa shape index (κ2) is 7.30. The van der Waals surface area contributed by atoms with E-state index >= 15 is 0 Å². The molecule has 0 bridgehead atoms. The summed E-state index contributed by atoms with van der Waals surface area (Å²) in [6, 6.07) is 3.68. The Bertz CT molecular complexity index is 1450. The summed E-state index contributed by atoms with van der Waals surface area (Å²) in [5.74, 6) is -1.03. The van der Waals surface area contributed by atoms with E-state index in [1.165, 1.54) is 24.9 Å². The van der Waals surface area contributed by atoms with Crippen LogP contribution in [0.15, 0.2) is 43.1 Å². The molecule has 0 saturated heterocycles. The van der Waals surface area contributed by atoms with Gasteiger partial charge in [0.2, 0.25) is 5.88 Å². The highest BCUT2D eigenvalue weighted by Crippen LogP contribution is 2.49. The van der Waals surface area contributed by atoms with Crippen LogP contribution in [0.3, 0.4) is 0 Å². The summed E-state index contributed by atoms with van der Waals surface area (Å²) in [7, 11) is 0. The lowest BCUT2D eigenvalue weighted by Crippen LogP contribution is -2.53. The van der Waals surface area contributed by atoms with Gasteiger partial charge in [0.15, 0.2) is 11.5 Å². The van der Waals surface area contributed by atoms with E-state index in [4.69, 9.17) is 21.9 Å². The van der Waals surface area contributed by atoms with E-state index in [1.54, 1.807) is 25.1 Å². The molecule has 4 aromatic rings. The Kier molecular flexibility index (Phi) is 4.64. The van der Waals surface area contributed by atoms with Gasteiger partial charge in [-0.1, -0.05) is 6.07 Å². The lowest BCUT2D eigenvalue weighted by molar-refractivity contribution is -0.124. The third kappa shape index (κ3) is 2.98. The first kappa shape index (κ1) is 20.9. The second-order valence-corrected chi connectivity index (χ2v) is 8.74. The average molecular weight is 462 g/mol. The number of carbonyl (C=O) groups is 2. The van der Waals surface area contributed by atoms with Crippen LogP contribution in [0.1, 0.15) is 38.0 Å². The number of aromatic carboxylic acids is 1. The van der Waals surface area contributed by atoms with E-state index in [-0.39, 0.29) is 16.3 Å². The molecular weight excluding hydrogens is 444 g/mol. The third-order valence-electron chi connectivity index (χ3n) is 5.78. The summed E-state index contributed by atoms with van der Waals surface area (Å²) in [6.07, 6.45) is 5.84. The maximum atomic E-state index is 13.6. The first-order chi connectivity index (χ1) is 15.7. The molecule has 0 amide bonds. The molecule has 0 fully saturated rings. The fourth-order valence-electron chi connectivity index (χ4n) is 4.28. The van der Waals surface area contributed by atoms with Crippen molar-refractivity contribution in [3.8, 4) is 11.6 Å². The first-order valence-corrected chi connectivity index (χ1v) is 10.6. The molecule has 1 aliphatic carbocycles. The minimum Gasteiger partial charge on any atom is -0.477 e. The number of thiophene rings is 1. The number of aromatic nitrogens is 3. The number of hydrogen-bond acceptors (Lipinski definition) is 10. The van der Waals surface area contributed by atoms with E-state index in [9.17, 15) is 14.7 Å². The molecule has 1 aromatic carbocycles. The molecular formula is C22H18N6O4S. The molecule has 0 spiro atoms. The number of carbonyl (C=O) groups excluding carboxylic acids is 1. The van der Waals surface area contributed by atoms with Crippen LogP contribution in [0, 0.1) is 6.92 Å². The smallest absolute Gasteiger partial charge is 0.346 e. The number of rotatable bonds is 4. The lowest BCUT2D eigenvalue weighted by atomic mass is 9.70. The van der Waals surface area contributed by atoms with E-state index in [0.717, 1.165) is 11.3 Å². The van der Waals surface area contributed by atoms with Gasteiger partial charge in [-0.15, -0.1) is 11.3 Å². The predicted octanol–water partition coefficient (Wildman–Crippen LogP) is 2.25. The Morgan fingerprint density at radius 1 is 1.21 bits per heavy atom. The maximum Gasteiger partial charge on any atom is 0.346 e. The Balaban J connectivity index is 1.70. The monoisotopic (exact) mass is 462 g/mol. The molecule has 3 aromatic heterocycles. The normalized spacial score (nSPS) is 19.6. The van der Waals surface area contributed by atoms with Gasteiger partial charge < -0.3 is 27.0 Å². The number of carboxylic acids is 1. The van der Waals surface area contributed by atoms with Crippen LogP contribution >= 0.6 is 11.3 Å². The predicted molar refractivity (Wildman–Crippen MR) is 121 cm³/mol. The van der Waals surface area contributed by atoms with Crippen molar-refractivity contribution in [1.29, 1.82) is 0 Å². The molecule has 0 radical (unpaired) electrons. The van der Waals surface area contributed by atoms with Crippen molar-refractivity contribution in [3.05, 3.63) is 70.2 Å². The molecule has 11 heteroatoms. The van der Waals surface area contributed by atoms with Crippen LogP contribution in [0.25, 0.3) is 10.1 Å². The Hall–Kier alpha value is -3.93. The van der Waals surface area contributed by atoms with Crippen LogP contribution in [0.4, 0.5) is 5.69 Å². The largest absolute Gasteiger partial charge is 0.477 e. The Morgan fingerprint density at radius 2 is 1.94 bits per heavy atom. The summed E-state index contributed by atoms with van der Waals surface area (Å²) in [4.78, 5) is 37.5. The molecule has 7 N–H and O–H groups in total. The van der Waals surface area contributed by atoms with Crippen LogP contribution in [-0.4, -0.2) is 31.8 Å². The quantitative estimate of drug-likeness (QED) is 0.328. The number of anilines is 1. The molecule has 3 heterocycles. The number of aryl methyl sites for hydroxylation is 1. The number of carboxylic acid groups (broad SMARTS) is 1. The number of nitrogens with zero attached hydrogens (tertiary/aromatic N) is 3. The van der Waals surface area contributed by atoms with Gasteiger partial charge >= 0.3 is 5.97 Å². The van der Waals surface area contributed by atoms with Crippen molar-refractivity contribution in [3.63, 3.8) is 0 Å². The van der Waals surface area contributed by atoms with Gasteiger partial charge in [0.05, 0.1) is 23.1 Å². The highest BCUT2D eigenvalue weighted by Gasteiger charge is 2.49. The number of nitrogens with two attached hydrogens (primary N) is 3. The summed E-state index contributed by atoms with van der Waals surface area (Å²) >= 11 is 0.987. The molecule has 1 aliphatic rings. The third-order valence-corrected chi connectivity index (χ3v) is 7.02. The van der Waals surface area contributed by atoms with Gasteiger partial charge in [0, 0.05) is 34.5 Å². The summed E-state index contributed by atoms with van der Waals surface area (Å²) in [5.41, 5.74) is 19.7. The Morgan fingerprint density at radius 3 is 2.61 bits per heavy atom. The van der Waals surface area contributed by atoms with Crippen molar-refractivity contribution < 1.29 is 19.4 Å². The molecule has 33 heavy (non-hydrogen) atoms. The van der Waals surface area contributed by atoms with Gasteiger partial charge in [-0.2, -0.15) is 0 Å². The molecule has 0 aliphatic heterocycles. The maximum absolute atomic E-state index is 13.6. The van der Waals surface area contributed by atoms with Gasteiger partial charge in [-0.05, 0) is 24.1 Å². The van der Waals surface area contributed by atoms with Crippen molar-refractivity contribution in [1.82, 2.24) is 15.0 Å². The van der Waals surface area contributed by atoms with Crippen LogP contribution in [0.2, 0.25) is 0 Å². The molecule has 2 unspecified atom stereocenters. The van der Waals surface area contributed by atoms with Gasteiger partial charge in [-0.25, -0.2) is 19.7 Å². The Labute approximate surface area is 191 Å². The SMILES string of the molecule is Cc1cc(Oc2cncnc2)ncc1C1(N)C(=O)C(N)c2c(C(=O)O)sc3c(N)ccc1c23. The lowest BCUT2D eigenvalue weighted by Gasteiger charge is -2.37. The fourth-order valence-corrected chi connectivity index (χ4v) is 5.41. The summed E-state index contributed by atoms with van der Waals surface area (Å²) in [6.45, 7) is 1.78. The highest BCUT2D eigenvalue weighted by molar-refractivity contribution is 7.21. The molecule has 10 nitrogen and oxygen atoms in total. The zero-order valence-electron chi connectivity index (χ0n) is 17.3. The molecule has 5 rings (SSSR count). The van der Waals surface area contributed by atoms with Crippen LogP contribution in [0.5, 0.6) is 11.6 Å². The van der Waals surface area contributed by atoms with Crippen molar-refractivity contribution in [2.45, 2.75) is 18.5 Å². The van der Waals surface area contributed by atoms with E-state index in [1.807, 2.05) is 0 Å². The van der Waals surface area contributed by atoms with Gasteiger partial charge in [0.25, 0.3) is 0 Å². The van der Waals surface area contributed by atoms with Crippen molar-refractivity contribution in [2.24, 2.45) is 11.5 Å². The number of ketones is 1.